The Hall–Kier alpha value is -2.70. The van der Waals surface area contributed by atoms with Gasteiger partial charge >= 0.3 is 5.97 Å². The van der Waals surface area contributed by atoms with Gasteiger partial charge in [0.25, 0.3) is 5.56 Å². The molecule has 2 aromatic rings. The van der Waals surface area contributed by atoms with E-state index in [2.05, 4.69) is 9.97 Å². The molecule has 2 N–H and O–H groups in total. The van der Waals surface area contributed by atoms with Crippen molar-refractivity contribution in [3.8, 4) is 11.6 Å². The lowest BCUT2D eigenvalue weighted by Gasteiger charge is -2.07. The maximum Gasteiger partial charge on any atom is 0.339 e. The molecule has 1 heterocycles. The van der Waals surface area contributed by atoms with Crippen molar-refractivity contribution in [2.45, 2.75) is 0 Å². The van der Waals surface area contributed by atoms with Crippen molar-refractivity contribution in [3.63, 3.8) is 0 Å². The van der Waals surface area contributed by atoms with Crippen molar-refractivity contribution in [1.82, 2.24) is 9.97 Å². The maximum absolute atomic E-state index is 13.0. The number of hydrogen-bond acceptors (Lipinski definition) is 4. The van der Waals surface area contributed by atoms with E-state index in [1.165, 1.54) is 0 Å². The van der Waals surface area contributed by atoms with Crippen molar-refractivity contribution >= 4 is 5.97 Å². The van der Waals surface area contributed by atoms with Crippen LogP contribution < -0.4 is 10.3 Å². The van der Waals surface area contributed by atoms with Crippen LogP contribution in [0.2, 0.25) is 0 Å². The van der Waals surface area contributed by atoms with Gasteiger partial charge in [-0.3, -0.25) is 4.79 Å². The largest absolute Gasteiger partial charge is 0.478 e. The lowest BCUT2D eigenvalue weighted by Crippen LogP contribution is -2.06. The lowest BCUT2D eigenvalue weighted by molar-refractivity contribution is 0.0694. The monoisotopic (exact) mass is 250 g/mol. The van der Waals surface area contributed by atoms with Crippen molar-refractivity contribution in [1.29, 1.82) is 0 Å². The highest BCUT2D eigenvalue weighted by atomic mass is 19.1. The summed E-state index contributed by atoms with van der Waals surface area (Å²) in [7, 11) is 0. The summed E-state index contributed by atoms with van der Waals surface area (Å²) in [6, 6.07) is 4.00. The van der Waals surface area contributed by atoms with E-state index in [1.54, 1.807) is 0 Å². The minimum absolute atomic E-state index is 0.119. The number of nitrogens with zero attached hydrogens (tertiary/aromatic N) is 1. The molecule has 0 saturated carbocycles. The molecule has 18 heavy (non-hydrogen) atoms. The van der Waals surface area contributed by atoms with Crippen molar-refractivity contribution in [3.05, 3.63) is 52.3 Å². The number of rotatable bonds is 3. The molecule has 0 fully saturated rings. The van der Waals surface area contributed by atoms with Crippen LogP contribution in [0.15, 0.2) is 35.4 Å². The van der Waals surface area contributed by atoms with Crippen molar-refractivity contribution < 1.29 is 19.0 Å². The fourth-order valence-electron chi connectivity index (χ4n) is 1.28. The Morgan fingerprint density at radius 1 is 1.39 bits per heavy atom. The predicted molar refractivity (Wildman–Crippen MR) is 58.3 cm³/mol. The van der Waals surface area contributed by atoms with E-state index in [-0.39, 0.29) is 17.2 Å². The van der Waals surface area contributed by atoms with Crippen molar-refractivity contribution in [2.75, 3.05) is 0 Å². The van der Waals surface area contributed by atoms with E-state index >= 15 is 0 Å². The third-order valence-corrected chi connectivity index (χ3v) is 2.04. The van der Waals surface area contributed by atoms with E-state index in [0.717, 1.165) is 30.6 Å². The van der Waals surface area contributed by atoms with Crippen LogP contribution in [-0.4, -0.2) is 21.0 Å². The summed E-state index contributed by atoms with van der Waals surface area (Å²) in [5.74, 6) is -2.26. The summed E-state index contributed by atoms with van der Waals surface area (Å²) in [6.07, 6.45) is 1.09. The Kier molecular flexibility index (Phi) is 3.05. The number of aromatic amines is 1. The normalized spacial score (nSPS) is 10.1. The number of hydrogen-bond donors (Lipinski definition) is 2. The van der Waals surface area contributed by atoms with Gasteiger partial charge < -0.3 is 14.8 Å². The second-order valence-corrected chi connectivity index (χ2v) is 3.30. The third-order valence-electron chi connectivity index (χ3n) is 2.04. The molecule has 6 nitrogen and oxygen atoms in total. The van der Waals surface area contributed by atoms with Crippen LogP contribution in [0.3, 0.4) is 0 Å². The number of ether oxygens (including phenoxy) is 1. The van der Waals surface area contributed by atoms with Gasteiger partial charge in [0.1, 0.15) is 17.1 Å². The molecule has 92 valence electrons. The number of carboxylic acids is 1. The van der Waals surface area contributed by atoms with Crippen molar-refractivity contribution in [2.24, 2.45) is 0 Å². The molecule has 0 radical (unpaired) electrons. The first kappa shape index (κ1) is 11.8. The predicted octanol–water partition coefficient (Wildman–Crippen LogP) is 1.40. The fraction of sp³-hybridized carbons (Fsp3) is 0. The first-order chi connectivity index (χ1) is 8.56. The van der Waals surface area contributed by atoms with E-state index < -0.39 is 17.3 Å². The Morgan fingerprint density at radius 2 is 2.17 bits per heavy atom. The smallest absolute Gasteiger partial charge is 0.339 e. The third kappa shape index (κ3) is 2.51. The summed E-state index contributed by atoms with van der Waals surface area (Å²) in [6.45, 7) is 0. The highest BCUT2D eigenvalue weighted by molar-refractivity contribution is 5.90. The van der Waals surface area contributed by atoms with E-state index in [4.69, 9.17) is 9.84 Å². The SMILES string of the molecule is O=C(O)c1ccc(F)cc1Oc1cc(=O)[nH]cn1. The van der Waals surface area contributed by atoms with Crippen LogP contribution in [0.4, 0.5) is 4.39 Å². The zero-order valence-corrected chi connectivity index (χ0v) is 8.88. The topological polar surface area (TPSA) is 92.3 Å². The Bertz CT molecular complexity index is 653. The van der Waals surface area contributed by atoms with Gasteiger partial charge in [-0.05, 0) is 12.1 Å². The molecule has 0 aliphatic rings. The molecule has 0 bridgehead atoms. The molecule has 0 aliphatic carbocycles. The lowest BCUT2D eigenvalue weighted by atomic mass is 10.2. The van der Waals surface area contributed by atoms with Crippen LogP contribution >= 0.6 is 0 Å². The van der Waals surface area contributed by atoms with Gasteiger partial charge in [-0.15, -0.1) is 0 Å². The molecule has 7 heteroatoms. The minimum atomic E-state index is -1.27. The van der Waals surface area contributed by atoms with Gasteiger partial charge in [0.05, 0.1) is 12.4 Å². The Labute approximate surface area is 99.7 Å². The zero-order chi connectivity index (χ0) is 13.1. The summed E-state index contributed by atoms with van der Waals surface area (Å²) >= 11 is 0. The highest BCUT2D eigenvalue weighted by Gasteiger charge is 2.13. The van der Waals surface area contributed by atoms with Gasteiger partial charge in [0.2, 0.25) is 5.88 Å². The molecule has 0 saturated heterocycles. The molecule has 0 aliphatic heterocycles. The minimum Gasteiger partial charge on any atom is -0.478 e. The van der Waals surface area contributed by atoms with Gasteiger partial charge in [0, 0.05) is 6.07 Å². The first-order valence-electron chi connectivity index (χ1n) is 4.81. The van der Waals surface area contributed by atoms with Crippen LogP contribution in [-0.2, 0) is 0 Å². The standard InChI is InChI=1S/C11H7FN2O4/c12-6-1-2-7(11(16)17)8(3-6)18-10-4-9(15)13-5-14-10/h1-5H,(H,16,17)(H,13,14,15). The molecular formula is C11H7FN2O4. The Morgan fingerprint density at radius 3 is 2.83 bits per heavy atom. The molecule has 0 unspecified atom stereocenters. The molecule has 1 aromatic heterocycles. The number of benzene rings is 1. The maximum atomic E-state index is 13.0. The average molecular weight is 250 g/mol. The molecule has 1 aromatic carbocycles. The summed E-state index contributed by atoms with van der Waals surface area (Å²) in [4.78, 5) is 27.8. The molecule has 0 atom stereocenters. The van der Waals surface area contributed by atoms with Crippen LogP contribution in [0.25, 0.3) is 0 Å². The van der Waals surface area contributed by atoms with Gasteiger partial charge in [-0.1, -0.05) is 0 Å². The highest BCUT2D eigenvalue weighted by Crippen LogP contribution is 2.24. The van der Waals surface area contributed by atoms with Crippen LogP contribution in [0, 0.1) is 5.82 Å². The summed E-state index contributed by atoms with van der Waals surface area (Å²) < 4.78 is 18.1. The molecule has 2 rings (SSSR count). The van der Waals surface area contributed by atoms with Gasteiger partial charge in [-0.2, -0.15) is 0 Å². The number of carboxylic acid groups (broad SMARTS) is 1. The van der Waals surface area contributed by atoms with Crippen LogP contribution in [0.5, 0.6) is 11.6 Å². The Balaban J connectivity index is 2.42. The molecule has 0 amide bonds. The second kappa shape index (κ2) is 4.66. The average Bonchev–Trinajstić information content (AvgIpc) is 2.28. The van der Waals surface area contributed by atoms with Gasteiger partial charge in [-0.25, -0.2) is 14.2 Å². The summed E-state index contributed by atoms with van der Waals surface area (Å²) in [5, 5.41) is 8.90. The number of carbonyl (C=O) groups is 1. The first-order valence-corrected chi connectivity index (χ1v) is 4.81. The zero-order valence-electron chi connectivity index (χ0n) is 8.88. The van der Waals surface area contributed by atoms with E-state index in [9.17, 15) is 14.0 Å². The summed E-state index contributed by atoms with van der Waals surface area (Å²) in [5.41, 5.74) is -0.688. The number of nitrogens with one attached hydrogen (secondary N) is 1. The van der Waals surface area contributed by atoms with E-state index in [1.807, 2.05) is 0 Å². The van der Waals surface area contributed by atoms with Gasteiger partial charge in [0.15, 0.2) is 0 Å². The van der Waals surface area contributed by atoms with Crippen LogP contribution in [0.1, 0.15) is 10.4 Å². The fourth-order valence-corrected chi connectivity index (χ4v) is 1.28. The second-order valence-electron chi connectivity index (χ2n) is 3.30. The molecule has 0 spiro atoms. The number of H-pyrrole nitrogens is 1. The van der Waals surface area contributed by atoms with E-state index in [0.29, 0.717) is 0 Å². The number of aromatic carboxylic acids is 1. The number of aromatic nitrogens is 2. The quantitative estimate of drug-likeness (QED) is 0.858. The number of halogens is 1. The molecular weight excluding hydrogens is 243 g/mol.